The molecule has 1 aromatic rings. The van der Waals surface area contributed by atoms with Gasteiger partial charge in [-0.2, -0.15) is 4.31 Å². The molecule has 1 saturated heterocycles. The quantitative estimate of drug-likeness (QED) is 0.854. The minimum atomic E-state index is -3.58. The Balaban J connectivity index is 2.35. The van der Waals surface area contributed by atoms with Crippen LogP contribution >= 0.6 is 0 Å². The summed E-state index contributed by atoms with van der Waals surface area (Å²) < 4.78 is 39.0. The molecule has 0 spiro atoms. The van der Waals surface area contributed by atoms with Crippen molar-refractivity contribution in [3.8, 4) is 0 Å². The maximum absolute atomic E-state index is 13.1. The summed E-state index contributed by atoms with van der Waals surface area (Å²) >= 11 is 0. The molecule has 1 fully saturated rings. The Labute approximate surface area is 100 Å². The molecule has 1 heterocycles. The van der Waals surface area contributed by atoms with Gasteiger partial charge in [-0.1, -0.05) is 6.07 Å². The number of halogens is 1. The standard InChI is InChI=1S/C11H15FN2O2S/c1-9-8-13-5-6-14(9)17(15,16)11-4-2-3-10(12)7-11/h2-4,7,9,13H,5-6,8H2,1H3/t9-/m0/s1. The van der Waals surface area contributed by atoms with Crippen LogP contribution in [0.2, 0.25) is 0 Å². The van der Waals surface area contributed by atoms with Gasteiger partial charge < -0.3 is 5.32 Å². The number of piperazine rings is 1. The Bertz CT molecular complexity index is 504. The van der Waals surface area contributed by atoms with Crippen molar-refractivity contribution >= 4 is 10.0 Å². The van der Waals surface area contributed by atoms with Crippen molar-refractivity contribution in [3.05, 3.63) is 30.1 Å². The first-order valence-electron chi connectivity index (χ1n) is 5.50. The van der Waals surface area contributed by atoms with E-state index in [1.807, 2.05) is 6.92 Å². The first-order valence-corrected chi connectivity index (χ1v) is 6.94. The lowest BCUT2D eigenvalue weighted by Gasteiger charge is -2.32. The van der Waals surface area contributed by atoms with E-state index in [-0.39, 0.29) is 10.9 Å². The predicted molar refractivity (Wildman–Crippen MR) is 62.6 cm³/mol. The van der Waals surface area contributed by atoms with Crippen molar-refractivity contribution in [2.45, 2.75) is 17.9 Å². The average molecular weight is 258 g/mol. The maximum Gasteiger partial charge on any atom is 0.243 e. The molecule has 6 heteroatoms. The molecule has 17 heavy (non-hydrogen) atoms. The van der Waals surface area contributed by atoms with Gasteiger partial charge >= 0.3 is 0 Å². The fraction of sp³-hybridized carbons (Fsp3) is 0.455. The van der Waals surface area contributed by atoms with Gasteiger partial charge in [-0.05, 0) is 25.1 Å². The van der Waals surface area contributed by atoms with Gasteiger partial charge in [0.05, 0.1) is 4.90 Å². The highest BCUT2D eigenvalue weighted by Crippen LogP contribution is 2.19. The van der Waals surface area contributed by atoms with Crippen LogP contribution in [-0.4, -0.2) is 38.4 Å². The first kappa shape index (κ1) is 12.5. The molecular weight excluding hydrogens is 243 g/mol. The zero-order valence-electron chi connectivity index (χ0n) is 9.56. The molecule has 0 saturated carbocycles. The van der Waals surface area contributed by atoms with E-state index in [4.69, 9.17) is 0 Å². The third kappa shape index (κ3) is 2.48. The molecule has 0 aromatic heterocycles. The van der Waals surface area contributed by atoms with E-state index in [1.54, 1.807) is 0 Å². The zero-order chi connectivity index (χ0) is 12.5. The third-order valence-corrected chi connectivity index (χ3v) is 4.85. The summed E-state index contributed by atoms with van der Waals surface area (Å²) in [6, 6.07) is 5.02. The van der Waals surface area contributed by atoms with Crippen LogP contribution in [0.5, 0.6) is 0 Å². The van der Waals surface area contributed by atoms with E-state index in [2.05, 4.69) is 5.32 Å². The lowest BCUT2D eigenvalue weighted by molar-refractivity contribution is 0.284. The summed E-state index contributed by atoms with van der Waals surface area (Å²) in [6.07, 6.45) is 0. The third-order valence-electron chi connectivity index (χ3n) is 2.84. The lowest BCUT2D eigenvalue weighted by atomic mass is 10.3. The molecule has 94 valence electrons. The molecule has 0 unspecified atom stereocenters. The Hall–Kier alpha value is -0.980. The molecule has 2 rings (SSSR count). The fourth-order valence-electron chi connectivity index (χ4n) is 1.94. The summed E-state index contributed by atoms with van der Waals surface area (Å²) in [7, 11) is -3.58. The van der Waals surface area contributed by atoms with Crippen LogP contribution in [0.4, 0.5) is 4.39 Å². The van der Waals surface area contributed by atoms with Gasteiger partial charge in [0.2, 0.25) is 10.0 Å². The van der Waals surface area contributed by atoms with Gasteiger partial charge in [0.15, 0.2) is 0 Å². The normalized spacial score (nSPS) is 22.6. The highest BCUT2D eigenvalue weighted by atomic mass is 32.2. The maximum atomic E-state index is 13.1. The summed E-state index contributed by atoms with van der Waals surface area (Å²) in [5.41, 5.74) is 0. The number of nitrogens with zero attached hydrogens (tertiary/aromatic N) is 1. The van der Waals surface area contributed by atoms with Gasteiger partial charge in [0.1, 0.15) is 5.82 Å². The fourth-order valence-corrected chi connectivity index (χ4v) is 3.61. The van der Waals surface area contributed by atoms with Crippen LogP contribution in [-0.2, 0) is 10.0 Å². The number of nitrogens with one attached hydrogen (secondary N) is 1. The zero-order valence-corrected chi connectivity index (χ0v) is 10.4. The van der Waals surface area contributed by atoms with Gasteiger partial charge in [0, 0.05) is 25.7 Å². The van der Waals surface area contributed by atoms with Crippen LogP contribution in [0.25, 0.3) is 0 Å². The molecule has 0 amide bonds. The molecule has 1 atom stereocenters. The summed E-state index contributed by atoms with van der Waals surface area (Å²) in [5.74, 6) is -0.533. The lowest BCUT2D eigenvalue weighted by Crippen LogP contribution is -2.52. The summed E-state index contributed by atoms with van der Waals surface area (Å²) in [4.78, 5) is 0.0197. The Kier molecular flexibility index (Phi) is 3.46. The van der Waals surface area contributed by atoms with Crippen LogP contribution in [0.15, 0.2) is 29.2 Å². The molecule has 0 radical (unpaired) electrons. The number of benzene rings is 1. The highest BCUT2D eigenvalue weighted by Gasteiger charge is 2.30. The second-order valence-electron chi connectivity index (χ2n) is 4.13. The van der Waals surface area contributed by atoms with Gasteiger partial charge in [-0.3, -0.25) is 0 Å². The van der Waals surface area contributed by atoms with E-state index in [0.717, 1.165) is 6.07 Å². The summed E-state index contributed by atoms with van der Waals surface area (Å²) in [5, 5.41) is 3.12. The van der Waals surface area contributed by atoms with Gasteiger partial charge in [-0.15, -0.1) is 0 Å². The monoisotopic (exact) mass is 258 g/mol. The highest BCUT2D eigenvalue weighted by molar-refractivity contribution is 7.89. The Morgan fingerprint density at radius 2 is 2.24 bits per heavy atom. The van der Waals surface area contributed by atoms with Crippen LogP contribution in [0.1, 0.15) is 6.92 Å². The largest absolute Gasteiger partial charge is 0.314 e. The van der Waals surface area contributed by atoms with E-state index in [9.17, 15) is 12.8 Å². The van der Waals surface area contributed by atoms with Gasteiger partial charge in [0.25, 0.3) is 0 Å². The van der Waals surface area contributed by atoms with Crippen molar-refractivity contribution in [1.29, 1.82) is 0 Å². The number of sulfonamides is 1. The van der Waals surface area contributed by atoms with Crippen molar-refractivity contribution in [3.63, 3.8) is 0 Å². The SMILES string of the molecule is C[C@H]1CNCCN1S(=O)(=O)c1cccc(F)c1. The molecule has 1 aromatic carbocycles. The molecule has 0 bridgehead atoms. The van der Waals surface area contributed by atoms with Crippen molar-refractivity contribution in [1.82, 2.24) is 9.62 Å². The van der Waals surface area contributed by atoms with E-state index < -0.39 is 15.8 Å². The Morgan fingerprint density at radius 1 is 1.47 bits per heavy atom. The van der Waals surface area contributed by atoms with Crippen LogP contribution in [0.3, 0.4) is 0 Å². The molecular formula is C11H15FN2O2S. The second-order valence-corrected chi connectivity index (χ2v) is 6.02. The van der Waals surface area contributed by atoms with E-state index in [1.165, 1.54) is 22.5 Å². The molecule has 1 aliphatic heterocycles. The second kappa shape index (κ2) is 4.72. The van der Waals surface area contributed by atoms with Crippen molar-refractivity contribution < 1.29 is 12.8 Å². The smallest absolute Gasteiger partial charge is 0.243 e. The minimum absolute atomic E-state index is 0.0197. The summed E-state index contributed by atoms with van der Waals surface area (Å²) in [6.45, 7) is 3.50. The first-order chi connectivity index (χ1) is 8.01. The number of hydrogen-bond acceptors (Lipinski definition) is 3. The minimum Gasteiger partial charge on any atom is -0.314 e. The van der Waals surface area contributed by atoms with E-state index in [0.29, 0.717) is 19.6 Å². The number of rotatable bonds is 2. The van der Waals surface area contributed by atoms with Crippen molar-refractivity contribution in [2.24, 2.45) is 0 Å². The molecule has 1 aliphatic rings. The molecule has 0 aliphatic carbocycles. The van der Waals surface area contributed by atoms with Crippen LogP contribution in [0, 0.1) is 5.82 Å². The predicted octanol–water partition coefficient (Wildman–Crippen LogP) is 0.808. The topological polar surface area (TPSA) is 49.4 Å². The molecule has 4 nitrogen and oxygen atoms in total. The van der Waals surface area contributed by atoms with E-state index >= 15 is 0 Å². The van der Waals surface area contributed by atoms with Crippen LogP contribution < -0.4 is 5.32 Å². The average Bonchev–Trinajstić information content (AvgIpc) is 2.29. The van der Waals surface area contributed by atoms with Crippen molar-refractivity contribution in [2.75, 3.05) is 19.6 Å². The van der Waals surface area contributed by atoms with Gasteiger partial charge in [-0.25, -0.2) is 12.8 Å². The Morgan fingerprint density at radius 3 is 2.88 bits per heavy atom. The molecule has 1 N–H and O–H groups in total. The number of hydrogen-bond donors (Lipinski definition) is 1.